The van der Waals surface area contributed by atoms with Crippen molar-refractivity contribution in [1.29, 1.82) is 0 Å². The number of hydrogen-bond acceptors (Lipinski definition) is 4. The van der Waals surface area contributed by atoms with Crippen molar-refractivity contribution >= 4 is 44.7 Å². The summed E-state index contributed by atoms with van der Waals surface area (Å²) in [6.07, 6.45) is 1.73. The van der Waals surface area contributed by atoms with E-state index in [4.69, 9.17) is 11.6 Å². The summed E-state index contributed by atoms with van der Waals surface area (Å²) in [5, 5.41) is 11.1. The minimum atomic E-state index is -0.624. The molecule has 6 nitrogen and oxygen atoms in total. The molecule has 1 amide bonds. The second-order valence-corrected chi connectivity index (χ2v) is 7.44. The first-order valence-corrected chi connectivity index (χ1v) is 9.25. The molecule has 0 N–H and O–H groups in total. The van der Waals surface area contributed by atoms with E-state index in [-0.39, 0.29) is 16.3 Å². The van der Waals surface area contributed by atoms with Crippen LogP contribution in [0.15, 0.2) is 48.0 Å². The molecule has 0 aliphatic heterocycles. The Kier molecular flexibility index (Phi) is 5.25. The van der Waals surface area contributed by atoms with Crippen LogP contribution in [0.1, 0.15) is 21.5 Å². The summed E-state index contributed by atoms with van der Waals surface area (Å²) in [4.78, 5) is 27.8. The second-order valence-electron chi connectivity index (χ2n) is 6.03. The predicted octanol–water partition coefficient (Wildman–Crippen LogP) is 4.81. The van der Waals surface area contributed by atoms with Crippen LogP contribution in [0, 0.1) is 24.0 Å². The van der Waals surface area contributed by atoms with Gasteiger partial charge in [0.05, 0.1) is 25.7 Å². The van der Waals surface area contributed by atoms with Crippen molar-refractivity contribution in [2.75, 3.05) is 0 Å². The summed E-state index contributed by atoms with van der Waals surface area (Å²) in [7, 11) is 0. The maximum atomic E-state index is 12.7. The third-order valence-electron chi connectivity index (χ3n) is 4.20. The summed E-state index contributed by atoms with van der Waals surface area (Å²) in [6, 6.07) is 7.83. The fourth-order valence-corrected chi connectivity index (χ4v) is 3.97. The van der Waals surface area contributed by atoms with Crippen LogP contribution < -0.4 is 4.80 Å². The molecule has 138 valence electrons. The van der Waals surface area contributed by atoms with Gasteiger partial charge in [0, 0.05) is 18.7 Å². The van der Waals surface area contributed by atoms with Gasteiger partial charge >= 0.3 is 0 Å². The zero-order chi connectivity index (χ0) is 19.7. The summed E-state index contributed by atoms with van der Waals surface area (Å²) < 4.78 is 2.89. The molecule has 27 heavy (non-hydrogen) atoms. The fourth-order valence-electron chi connectivity index (χ4n) is 2.65. The van der Waals surface area contributed by atoms with Gasteiger partial charge in [-0.25, -0.2) is 0 Å². The zero-order valence-electron chi connectivity index (χ0n) is 14.7. The molecule has 0 fully saturated rings. The SMILES string of the molecule is C=CCn1c(=NC(=O)c2cc([N+](=O)[O-])ccc2Cl)sc2cc(C)c(C)cc21. The highest BCUT2D eigenvalue weighted by Crippen LogP contribution is 2.24. The van der Waals surface area contributed by atoms with Crippen molar-refractivity contribution in [1.82, 2.24) is 4.57 Å². The van der Waals surface area contributed by atoms with E-state index in [1.54, 1.807) is 6.08 Å². The lowest BCUT2D eigenvalue weighted by Gasteiger charge is -2.04. The summed E-state index contributed by atoms with van der Waals surface area (Å²) in [5.74, 6) is -0.624. The molecule has 1 heterocycles. The number of allylic oxidation sites excluding steroid dienone is 1. The van der Waals surface area contributed by atoms with Gasteiger partial charge in [-0.3, -0.25) is 14.9 Å². The number of halogens is 1. The number of carbonyl (C=O) groups is 1. The van der Waals surface area contributed by atoms with Crippen molar-refractivity contribution in [3.8, 4) is 0 Å². The Morgan fingerprint density at radius 1 is 1.33 bits per heavy atom. The number of benzene rings is 2. The molecule has 0 radical (unpaired) electrons. The third kappa shape index (κ3) is 3.70. The van der Waals surface area contributed by atoms with Gasteiger partial charge in [0.15, 0.2) is 4.80 Å². The van der Waals surface area contributed by atoms with Crippen LogP contribution in [0.5, 0.6) is 0 Å². The molecule has 2 aromatic carbocycles. The first-order valence-electron chi connectivity index (χ1n) is 8.06. The molecule has 0 unspecified atom stereocenters. The highest BCUT2D eigenvalue weighted by atomic mass is 35.5. The zero-order valence-corrected chi connectivity index (χ0v) is 16.3. The van der Waals surface area contributed by atoms with Gasteiger partial charge < -0.3 is 4.57 Å². The molecule has 0 aliphatic carbocycles. The van der Waals surface area contributed by atoms with Gasteiger partial charge in [-0.05, 0) is 43.2 Å². The molecule has 0 aliphatic rings. The van der Waals surface area contributed by atoms with E-state index in [1.165, 1.54) is 23.5 Å². The Morgan fingerprint density at radius 3 is 2.70 bits per heavy atom. The van der Waals surface area contributed by atoms with E-state index in [0.717, 1.165) is 27.4 Å². The molecule has 0 bridgehead atoms. The molecule has 1 aromatic heterocycles. The highest BCUT2D eigenvalue weighted by Gasteiger charge is 2.16. The first-order chi connectivity index (χ1) is 12.8. The van der Waals surface area contributed by atoms with Crippen molar-refractivity contribution in [3.63, 3.8) is 0 Å². The quantitative estimate of drug-likeness (QED) is 0.357. The first kappa shape index (κ1) is 19.0. The smallest absolute Gasteiger partial charge is 0.281 e. The lowest BCUT2D eigenvalue weighted by molar-refractivity contribution is -0.384. The Labute approximate surface area is 164 Å². The molecular weight excluding hydrogens is 386 g/mol. The number of carbonyl (C=O) groups excluding carboxylic acids is 1. The van der Waals surface area contributed by atoms with Crippen molar-refractivity contribution in [2.24, 2.45) is 4.99 Å². The number of nitro groups is 1. The molecule has 3 aromatic rings. The number of nitrogens with zero attached hydrogens (tertiary/aromatic N) is 3. The van der Waals surface area contributed by atoms with E-state index in [9.17, 15) is 14.9 Å². The van der Waals surface area contributed by atoms with Crippen molar-refractivity contribution in [2.45, 2.75) is 20.4 Å². The number of aromatic nitrogens is 1. The molecular formula is C19H16ClN3O3S. The van der Waals surface area contributed by atoms with Crippen LogP contribution in [0.25, 0.3) is 10.2 Å². The molecule has 8 heteroatoms. The Bertz CT molecular complexity index is 1160. The number of hydrogen-bond donors (Lipinski definition) is 0. The van der Waals surface area contributed by atoms with E-state index in [0.29, 0.717) is 11.3 Å². The lowest BCUT2D eigenvalue weighted by atomic mass is 10.1. The molecule has 0 saturated carbocycles. The molecule has 0 atom stereocenters. The summed E-state index contributed by atoms with van der Waals surface area (Å²) in [6.45, 7) is 8.30. The maximum Gasteiger partial charge on any atom is 0.281 e. The van der Waals surface area contributed by atoms with Gasteiger partial charge in [0.2, 0.25) is 0 Å². The number of amides is 1. The Morgan fingerprint density at radius 2 is 2.04 bits per heavy atom. The van der Waals surface area contributed by atoms with Gasteiger partial charge in [0.1, 0.15) is 0 Å². The van der Waals surface area contributed by atoms with E-state index in [2.05, 4.69) is 23.7 Å². The van der Waals surface area contributed by atoms with Crippen LogP contribution >= 0.6 is 22.9 Å². The Hall–Kier alpha value is -2.77. The second kappa shape index (κ2) is 7.46. The average molecular weight is 402 g/mol. The lowest BCUT2D eigenvalue weighted by Crippen LogP contribution is -2.16. The maximum absolute atomic E-state index is 12.7. The topological polar surface area (TPSA) is 77.5 Å². The highest BCUT2D eigenvalue weighted by molar-refractivity contribution is 7.16. The largest absolute Gasteiger partial charge is 0.312 e. The van der Waals surface area contributed by atoms with E-state index >= 15 is 0 Å². The molecule has 3 rings (SSSR count). The van der Waals surface area contributed by atoms with Crippen LogP contribution in [0.4, 0.5) is 5.69 Å². The minimum Gasteiger partial charge on any atom is -0.312 e. The van der Waals surface area contributed by atoms with E-state index in [1.807, 2.05) is 18.4 Å². The molecule has 0 saturated heterocycles. The van der Waals surface area contributed by atoms with Gasteiger partial charge in [-0.1, -0.05) is 29.0 Å². The van der Waals surface area contributed by atoms with Gasteiger partial charge in [-0.2, -0.15) is 4.99 Å². The Balaban J connectivity index is 2.19. The van der Waals surface area contributed by atoms with Crippen molar-refractivity contribution in [3.05, 3.63) is 79.6 Å². The number of thiazole rings is 1. The van der Waals surface area contributed by atoms with E-state index < -0.39 is 10.8 Å². The summed E-state index contributed by atoms with van der Waals surface area (Å²) in [5.41, 5.74) is 3.03. The number of rotatable bonds is 4. The monoisotopic (exact) mass is 401 g/mol. The number of fused-ring (bicyclic) bond motifs is 1. The average Bonchev–Trinajstić information content (AvgIpc) is 2.92. The van der Waals surface area contributed by atoms with Gasteiger partial charge in [-0.15, -0.1) is 6.58 Å². The standard InChI is InChI=1S/C19H16ClN3O3S/c1-4-7-22-16-8-11(2)12(3)9-17(16)27-19(22)21-18(24)14-10-13(23(25)26)5-6-15(14)20/h4-6,8-10H,1,7H2,2-3H3. The molecule has 0 spiro atoms. The number of nitro benzene ring substituents is 1. The third-order valence-corrected chi connectivity index (χ3v) is 5.57. The predicted molar refractivity (Wildman–Crippen MR) is 107 cm³/mol. The number of aryl methyl sites for hydroxylation is 2. The fraction of sp³-hybridized carbons (Fsp3) is 0.158. The normalized spacial score (nSPS) is 11.7. The summed E-state index contributed by atoms with van der Waals surface area (Å²) >= 11 is 7.44. The van der Waals surface area contributed by atoms with Crippen LogP contribution in [0.3, 0.4) is 0 Å². The van der Waals surface area contributed by atoms with Gasteiger partial charge in [0.25, 0.3) is 11.6 Å². The van der Waals surface area contributed by atoms with Crippen LogP contribution in [0.2, 0.25) is 5.02 Å². The van der Waals surface area contributed by atoms with Crippen LogP contribution in [-0.2, 0) is 6.54 Å². The number of non-ortho nitro benzene ring substituents is 1. The minimum absolute atomic E-state index is 0.000775. The van der Waals surface area contributed by atoms with Crippen molar-refractivity contribution < 1.29 is 9.72 Å². The van der Waals surface area contributed by atoms with Crippen LogP contribution in [-0.4, -0.2) is 15.4 Å².